The van der Waals surface area contributed by atoms with E-state index >= 15 is 0 Å². The Morgan fingerprint density at radius 1 is 1.21 bits per heavy atom. The van der Waals surface area contributed by atoms with Crippen LogP contribution in [0.4, 0.5) is 4.79 Å². The minimum Gasteiger partial charge on any atom is -0.466 e. The third kappa shape index (κ3) is 9.53. The summed E-state index contributed by atoms with van der Waals surface area (Å²) in [6.07, 6.45) is 1.47. The van der Waals surface area contributed by atoms with Crippen molar-refractivity contribution in [2.24, 2.45) is 5.73 Å². The molecule has 0 radical (unpaired) electrons. The predicted molar refractivity (Wildman–Crippen MR) is 140 cm³/mol. The van der Waals surface area contributed by atoms with E-state index in [2.05, 4.69) is 17.2 Å². The molecule has 2 atom stereocenters. The van der Waals surface area contributed by atoms with E-state index in [0.29, 0.717) is 18.4 Å². The topological polar surface area (TPSA) is 157 Å². The van der Waals surface area contributed by atoms with E-state index in [9.17, 15) is 24.0 Å². The number of amides is 4. The van der Waals surface area contributed by atoms with Gasteiger partial charge < -0.3 is 30.7 Å². The summed E-state index contributed by atoms with van der Waals surface area (Å²) in [6, 6.07) is 4.22. The van der Waals surface area contributed by atoms with Gasteiger partial charge in [-0.2, -0.15) is 0 Å². The molecule has 0 aliphatic heterocycles. The number of nitrogens with one attached hydrogen (secondary N) is 2. The lowest BCUT2D eigenvalue weighted by atomic mass is 9.99. The third-order valence-corrected chi connectivity index (χ3v) is 5.51. The number of esters is 1. The van der Waals surface area contributed by atoms with Gasteiger partial charge in [0.1, 0.15) is 17.7 Å². The van der Waals surface area contributed by atoms with Crippen LogP contribution in [-0.4, -0.2) is 65.5 Å². The van der Waals surface area contributed by atoms with Gasteiger partial charge >= 0.3 is 12.1 Å². The summed E-state index contributed by atoms with van der Waals surface area (Å²) in [4.78, 5) is 64.9. The largest absolute Gasteiger partial charge is 0.466 e. The molecule has 1 saturated carbocycles. The van der Waals surface area contributed by atoms with E-state index < -0.39 is 53.9 Å². The van der Waals surface area contributed by atoms with Gasteiger partial charge in [-0.15, -0.1) is 0 Å². The lowest BCUT2D eigenvalue weighted by Gasteiger charge is -2.34. The standard InChI is InChI=1S/C27H38N4O7/c1-6-17-9-8-10-18(15-17)23(24(34)29-14-13-22(33)37-7-2)31(19-11-12-19)25(35)20(16-21(28)32)30-26(36)38-27(3,4)5/h6,8-10,15,19-20,23H,1,7,11-14,16H2,2-5H3,(H2,28,32)(H,29,34)(H,30,36). The highest BCUT2D eigenvalue weighted by atomic mass is 16.6. The molecule has 11 nitrogen and oxygen atoms in total. The molecule has 1 fully saturated rings. The van der Waals surface area contributed by atoms with Gasteiger partial charge in [0.05, 0.1) is 19.4 Å². The number of benzene rings is 1. The van der Waals surface area contributed by atoms with E-state index in [1.807, 2.05) is 0 Å². The average molecular weight is 531 g/mol. The third-order valence-electron chi connectivity index (χ3n) is 5.51. The minimum absolute atomic E-state index is 0.00286. The van der Waals surface area contributed by atoms with Gasteiger partial charge in [0, 0.05) is 12.6 Å². The lowest BCUT2D eigenvalue weighted by molar-refractivity contribution is -0.145. The maximum atomic E-state index is 13.9. The zero-order valence-electron chi connectivity index (χ0n) is 22.5. The van der Waals surface area contributed by atoms with Crippen LogP contribution in [0, 0.1) is 0 Å². The fraction of sp³-hybridized carbons (Fsp3) is 0.519. The summed E-state index contributed by atoms with van der Waals surface area (Å²) in [5.41, 5.74) is 5.79. The van der Waals surface area contributed by atoms with Crippen molar-refractivity contribution >= 4 is 35.9 Å². The van der Waals surface area contributed by atoms with Gasteiger partial charge in [-0.3, -0.25) is 19.2 Å². The van der Waals surface area contributed by atoms with Gasteiger partial charge in [0.15, 0.2) is 0 Å². The molecule has 208 valence electrons. The lowest BCUT2D eigenvalue weighted by Crippen LogP contribution is -2.54. The molecule has 1 aromatic carbocycles. The zero-order chi connectivity index (χ0) is 28.5. The van der Waals surface area contributed by atoms with Crippen molar-refractivity contribution in [3.8, 4) is 0 Å². The molecular weight excluding hydrogens is 492 g/mol. The van der Waals surface area contributed by atoms with Crippen molar-refractivity contribution in [2.75, 3.05) is 13.2 Å². The fourth-order valence-electron chi connectivity index (χ4n) is 3.81. The number of hydrogen-bond donors (Lipinski definition) is 3. The Morgan fingerprint density at radius 3 is 2.45 bits per heavy atom. The van der Waals surface area contributed by atoms with Gasteiger partial charge in [-0.25, -0.2) is 4.79 Å². The minimum atomic E-state index is -1.35. The first-order valence-corrected chi connectivity index (χ1v) is 12.6. The summed E-state index contributed by atoms with van der Waals surface area (Å²) < 4.78 is 10.2. The molecule has 2 unspecified atom stereocenters. The van der Waals surface area contributed by atoms with E-state index in [1.54, 1.807) is 58.0 Å². The van der Waals surface area contributed by atoms with Crippen molar-refractivity contribution in [3.63, 3.8) is 0 Å². The highest BCUT2D eigenvalue weighted by molar-refractivity contribution is 5.95. The Morgan fingerprint density at radius 2 is 1.89 bits per heavy atom. The van der Waals surface area contributed by atoms with Crippen LogP contribution in [0.25, 0.3) is 6.08 Å². The molecular formula is C27H38N4O7. The average Bonchev–Trinajstić information content (AvgIpc) is 3.65. The van der Waals surface area contributed by atoms with Crippen LogP contribution in [0.1, 0.15) is 70.5 Å². The quantitative estimate of drug-likeness (QED) is 0.330. The summed E-state index contributed by atoms with van der Waals surface area (Å²) in [5, 5.41) is 5.16. The fourth-order valence-corrected chi connectivity index (χ4v) is 3.81. The summed E-state index contributed by atoms with van der Waals surface area (Å²) in [5.74, 6) is -2.44. The number of alkyl carbamates (subject to hydrolysis) is 1. The van der Waals surface area contributed by atoms with E-state index in [1.165, 1.54) is 4.90 Å². The van der Waals surface area contributed by atoms with Crippen molar-refractivity contribution in [3.05, 3.63) is 42.0 Å². The number of hydrogen-bond acceptors (Lipinski definition) is 7. The van der Waals surface area contributed by atoms with Crippen LogP contribution >= 0.6 is 0 Å². The number of nitrogens with zero attached hydrogens (tertiary/aromatic N) is 1. The molecule has 4 N–H and O–H groups in total. The van der Waals surface area contributed by atoms with Gasteiger partial charge in [-0.05, 0) is 57.7 Å². The zero-order valence-corrected chi connectivity index (χ0v) is 22.5. The first-order chi connectivity index (χ1) is 17.9. The first kappa shape index (κ1) is 30.3. The van der Waals surface area contributed by atoms with E-state index in [-0.39, 0.29) is 25.6 Å². The molecule has 1 aliphatic rings. The summed E-state index contributed by atoms with van der Waals surface area (Å²) in [7, 11) is 0. The molecule has 0 spiro atoms. The number of nitrogens with two attached hydrogens (primary N) is 1. The van der Waals surface area contributed by atoms with Crippen molar-refractivity contribution in [1.82, 2.24) is 15.5 Å². The number of ether oxygens (including phenoxy) is 2. The molecule has 0 bridgehead atoms. The number of primary amides is 1. The number of carbonyl (C=O) groups excluding carboxylic acids is 5. The Kier molecular flexibility index (Phi) is 10.9. The highest BCUT2D eigenvalue weighted by Gasteiger charge is 2.44. The Labute approximate surface area is 223 Å². The van der Waals surface area contributed by atoms with Gasteiger partial charge in [0.25, 0.3) is 0 Å². The van der Waals surface area contributed by atoms with Crippen LogP contribution in [0.15, 0.2) is 30.8 Å². The Balaban J connectivity index is 2.41. The summed E-state index contributed by atoms with van der Waals surface area (Å²) >= 11 is 0. The predicted octanol–water partition coefficient (Wildman–Crippen LogP) is 2.20. The molecule has 38 heavy (non-hydrogen) atoms. The van der Waals surface area contributed by atoms with Crippen LogP contribution in [0.3, 0.4) is 0 Å². The molecule has 0 heterocycles. The molecule has 2 rings (SSSR count). The van der Waals surface area contributed by atoms with E-state index in [0.717, 1.165) is 5.56 Å². The Hall–Kier alpha value is -3.89. The first-order valence-electron chi connectivity index (χ1n) is 12.6. The monoisotopic (exact) mass is 530 g/mol. The second-order valence-electron chi connectivity index (χ2n) is 9.97. The molecule has 1 aromatic rings. The van der Waals surface area contributed by atoms with Crippen LogP contribution in [0.5, 0.6) is 0 Å². The number of rotatable bonds is 13. The maximum absolute atomic E-state index is 13.9. The van der Waals surface area contributed by atoms with Gasteiger partial charge in [0.2, 0.25) is 17.7 Å². The summed E-state index contributed by atoms with van der Waals surface area (Å²) in [6.45, 7) is 10.7. The Bertz CT molecular complexity index is 1050. The number of carbonyl (C=O) groups is 5. The molecule has 0 saturated heterocycles. The smallest absolute Gasteiger partial charge is 0.408 e. The van der Waals surface area contributed by atoms with Crippen molar-refractivity contribution in [2.45, 2.75) is 77.1 Å². The SMILES string of the molecule is C=Cc1cccc(C(C(=O)NCCC(=O)OCC)N(C(=O)C(CC(N)=O)NC(=O)OC(C)(C)C)C2CC2)c1. The van der Waals surface area contributed by atoms with Crippen LogP contribution in [-0.2, 0) is 28.7 Å². The van der Waals surface area contributed by atoms with Crippen molar-refractivity contribution in [1.29, 1.82) is 0 Å². The second-order valence-corrected chi connectivity index (χ2v) is 9.97. The van der Waals surface area contributed by atoms with Crippen LogP contribution < -0.4 is 16.4 Å². The molecule has 0 aromatic heterocycles. The molecule has 4 amide bonds. The van der Waals surface area contributed by atoms with Gasteiger partial charge in [-0.1, -0.05) is 30.9 Å². The van der Waals surface area contributed by atoms with Crippen molar-refractivity contribution < 1.29 is 33.4 Å². The normalized spacial score (nSPS) is 14.4. The highest BCUT2D eigenvalue weighted by Crippen LogP contribution is 2.36. The molecule has 11 heteroatoms. The molecule has 1 aliphatic carbocycles. The van der Waals surface area contributed by atoms with Crippen LogP contribution in [0.2, 0.25) is 0 Å². The maximum Gasteiger partial charge on any atom is 0.408 e. The van der Waals surface area contributed by atoms with E-state index in [4.69, 9.17) is 15.2 Å². The second kappa shape index (κ2) is 13.6.